The molecule has 2 rings (SSSR count). The average molecular weight is 258 g/mol. The van der Waals surface area contributed by atoms with Gasteiger partial charge in [0, 0.05) is 31.4 Å². The van der Waals surface area contributed by atoms with Crippen molar-refractivity contribution in [3.63, 3.8) is 0 Å². The van der Waals surface area contributed by atoms with Gasteiger partial charge in [-0.05, 0) is 51.3 Å². The summed E-state index contributed by atoms with van der Waals surface area (Å²) in [5.41, 5.74) is 1.94. The van der Waals surface area contributed by atoms with Crippen molar-refractivity contribution in [2.45, 2.75) is 12.5 Å². The Morgan fingerprint density at radius 1 is 1.37 bits per heavy atom. The third-order valence-corrected chi connectivity index (χ3v) is 3.43. The zero-order chi connectivity index (χ0) is 13.7. The van der Waals surface area contributed by atoms with Crippen molar-refractivity contribution in [1.82, 2.24) is 10.2 Å². The number of likely N-dealkylation sites (N-methyl/N-ethyl adjacent to an activating group) is 1. The Morgan fingerprint density at radius 2 is 2.11 bits per heavy atom. The summed E-state index contributed by atoms with van der Waals surface area (Å²) in [6.45, 7) is 4.21. The summed E-state index contributed by atoms with van der Waals surface area (Å²) in [5.74, 6) is 0. The molecule has 1 saturated heterocycles. The Balaban J connectivity index is 2.06. The van der Waals surface area contributed by atoms with Gasteiger partial charge in [-0.3, -0.25) is 0 Å². The molecule has 1 fully saturated rings. The molecule has 102 valence electrons. The van der Waals surface area contributed by atoms with Crippen LogP contribution in [-0.4, -0.2) is 51.2 Å². The topological polar surface area (TPSA) is 42.3 Å². The van der Waals surface area contributed by atoms with Gasteiger partial charge in [0.05, 0.1) is 11.6 Å². The molecule has 0 bridgehead atoms. The van der Waals surface area contributed by atoms with Crippen molar-refractivity contribution < 1.29 is 0 Å². The van der Waals surface area contributed by atoms with Gasteiger partial charge in [0.1, 0.15) is 0 Å². The summed E-state index contributed by atoms with van der Waals surface area (Å²) in [7, 11) is 4.22. The second-order valence-electron chi connectivity index (χ2n) is 5.37. The Kier molecular flexibility index (Phi) is 4.78. The van der Waals surface area contributed by atoms with E-state index in [2.05, 4.69) is 47.4 Å². The summed E-state index contributed by atoms with van der Waals surface area (Å²) in [6.07, 6.45) is 1.16. The minimum Gasteiger partial charge on any atom is -0.370 e. The molecule has 0 amide bonds. The van der Waals surface area contributed by atoms with Gasteiger partial charge < -0.3 is 15.1 Å². The van der Waals surface area contributed by atoms with Gasteiger partial charge in [-0.1, -0.05) is 0 Å². The molecule has 4 heteroatoms. The number of nitriles is 1. The first kappa shape index (κ1) is 13.9. The molecular formula is C15H22N4. The van der Waals surface area contributed by atoms with Gasteiger partial charge in [-0.2, -0.15) is 5.26 Å². The van der Waals surface area contributed by atoms with Gasteiger partial charge in [-0.25, -0.2) is 0 Å². The van der Waals surface area contributed by atoms with Gasteiger partial charge >= 0.3 is 0 Å². The van der Waals surface area contributed by atoms with Crippen LogP contribution < -0.4 is 10.2 Å². The predicted molar refractivity (Wildman–Crippen MR) is 78.3 cm³/mol. The fourth-order valence-corrected chi connectivity index (χ4v) is 2.54. The third-order valence-electron chi connectivity index (χ3n) is 3.43. The lowest BCUT2D eigenvalue weighted by molar-refractivity contribution is 0.346. The fraction of sp³-hybridized carbons (Fsp3) is 0.533. The molecular weight excluding hydrogens is 236 g/mol. The normalized spacial score (nSPS) is 20.1. The molecule has 0 spiro atoms. The number of benzene rings is 1. The second kappa shape index (κ2) is 6.55. The van der Waals surface area contributed by atoms with Crippen LogP contribution in [0.1, 0.15) is 12.0 Å². The molecule has 0 saturated carbocycles. The number of nitrogens with one attached hydrogen (secondary N) is 1. The van der Waals surface area contributed by atoms with Crippen molar-refractivity contribution in [1.29, 1.82) is 5.26 Å². The molecule has 0 aromatic heterocycles. The van der Waals surface area contributed by atoms with E-state index in [1.165, 1.54) is 5.69 Å². The molecule has 1 aromatic carbocycles. The van der Waals surface area contributed by atoms with Crippen molar-refractivity contribution >= 4 is 5.69 Å². The molecule has 1 heterocycles. The van der Waals surface area contributed by atoms with Crippen molar-refractivity contribution in [3.8, 4) is 6.07 Å². The summed E-state index contributed by atoms with van der Waals surface area (Å²) in [4.78, 5) is 4.63. The largest absolute Gasteiger partial charge is 0.370 e. The second-order valence-corrected chi connectivity index (χ2v) is 5.37. The van der Waals surface area contributed by atoms with Crippen molar-refractivity contribution in [2.24, 2.45) is 0 Å². The molecule has 1 aliphatic rings. The van der Waals surface area contributed by atoms with Gasteiger partial charge in [-0.15, -0.1) is 0 Å². The lowest BCUT2D eigenvalue weighted by Crippen LogP contribution is -2.44. The molecule has 0 radical (unpaired) electrons. The van der Waals surface area contributed by atoms with Crippen LogP contribution in [0, 0.1) is 11.3 Å². The van der Waals surface area contributed by atoms with E-state index in [1.54, 1.807) is 0 Å². The fourth-order valence-electron chi connectivity index (χ4n) is 2.54. The number of nitrogens with zero attached hydrogens (tertiary/aromatic N) is 3. The standard InChI is InChI=1S/C15H22N4/c1-18(2)11-14-12-19(9-3-8-17-14)15-6-4-13(10-16)5-7-15/h4-7,14,17H,3,8-9,11-12H2,1-2H3. The van der Waals surface area contributed by atoms with E-state index >= 15 is 0 Å². The highest BCUT2D eigenvalue weighted by molar-refractivity contribution is 5.50. The highest BCUT2D eigenvalue weighted by Crippen LogP contribution is 2.17. The van der Waals surface area contributed by atoms with E-state index in [0.29, 0.717) is 6.04 Å². The van der Waals surface area contributed by atoms with Gasteiger partial charge in [0.2, 0.25) is 0 Å². The van der Waals surface area contributed by atoms with Crippen LogP contribution >= 0.6 is 0 Å². The van der Waals surface area contributed by atoms with Crippen molar-refractivity contribution in [3.05, 3.63) is 29.8 Å². The Morgan fingerprint density at radius 3 is 2.74 bits per heavy atom. The van der Waals surface area contributed by atoms with E-state index in [4.69, 9.17) is 5.26 Å². The monoisotopic (exact) mass is 258 g/mol. The summed E-state index contributed by atoms with van der Waals surface area (Å²) < 4.78 is 0. The quantitative estimate of drug-likeness (QED) is 0.887. The van der Waals surface area contributed by atoms with E-state index in [1.807, 2.05) is 12.1 Å². The van der Waals surface area contributed by atoms with Crippen LogP contribution in [-0.2, 0) is 0 Å². The number of hydrogen-bond donors (Lipinski definition) is 1. The first-order chi connectivity index (χ1) is 9.19. The third kappa shape index (κ3) is 3.95. The van der Waals surface area contributed by atoms with Gasteiger partial charge in [0.25, 0.3) is 0 Å². The Labute approximate surface area is 115 Å². The highest BCUT2D eigenvalue weighted by atomic mass is 15.2. The first-order valence-corrected chi connectivity index (χ1v) is 6.82. The van der Waals surface area contributed by atoms with Crippen LogP contribution in [0.3, 0.4) is 0 Å². The minimum atomic E-state index is 0.494. The van der Waals surface area contributed by atoms with E-state index in [9.17, 15) is 0 Å². The number of rotatable bonds is 3. The van der Waals surface area contributed by atoms with Crippen LogP contribution in [0.15, 0.2) is 24.3 Å². The van der Waals surface area contributed by atoms with E-state index in [0.717, 1.165) is 38.2 Å². The molecule has 4 nitrogen and oxygen atoms in total. The lowest BCUT2D eigenvalue weighted by Gasteiger charge is -2.28. The maximum Gasteiger partial charge on any atom is 0.0991 e. The lowest BCUT2D eigenvalue weighted by atomic mass is 10.2. The van der Waals surface area contributed by atoms with Crippen LogP contribution in [0.5, 0.6) is 0 Å². The highest BCUT2D eigenvalue weighted by Gasteiger charge is 2.18. The molecule has 1 aromatic rings. The maximum atomic E-state index is 8.85. The minimum absolute atomic E-state index is 0.494. The zero-order valence-electron chi connectivity index (χ0n) is 11.8. The molecule has 1 N–H and O–H groups in total. The van der Waals surface area contributed by atoms with Crippen LogP contribution in [0.25, 0.3) is 0 Å². The van der Waals surface area contributed by atoms with E-state index < -0.39 is 0 Å². The van der Waals surface area contributed by atoms with Gasteiger partial charge in [0.15, 0.2) is 0 Å². The molecule has 0 aliphatic carbocycles. The SMILES string of the molecule is CN(C)CC1CN(c2ccc(C#N)cc2)CCCN1. The Bertz CT molecular complexity index is 432. The van der Waals surface area contributed by atoms with Crippen LogP contribution in [0.4, 0.5) is 5.69 Å². The zero-order valence-corrected chi connectivity index (χ0v) is 11.8. The molecule has 1 atom stereocenters. The molecule has 1 unspecified atom stereocenters. The molecule has 19 heavy (non-hydrogen) atoms. The first-order valence-electron chi connectivity index (χ1n) is 6.82. The van der Waals surface area contributed by atoms with Crippen molar-refractivity contribution in [2.75, 3.05) is 45.2 Å². The number of anilines is 1. The summed E-state index contributed by atoms with van der Waals surface area (Å²) in [6, 6.07) is 10.6. The predicted octanol–water partition coefficient (Wildman–Crippen LogP) is 1.29. The Hall–Kier alpha value is -1.57. The average Bonchev–Trinajstić information content (AvgIpc) is 2.64. The summed E-state index contributed by atoms with van der Waals surface area (Å²) in [5, 5.41) is 12.4. The smallest absolute Gasteiger partial charge is 0.0991 e. The number of hydrogen-bond acceptors (Lipinski definition) is 4. The molecule has 1 aliphatic heterocycles. The maximum absolute atomic E-state index is 8.85. The van der Waals surface area contributed by atoms with Crippen LogP contribution in [0.2, 0.25) is 0 Å². The summed E-state index contributed by atoms with van der Waals surface area (Å²) >= 11 is 0. The van der Waals surface area contributed by atoms with E-state index in [-0.39, 0.29) is 0 Å².